The van der Waals surface area contributed by atoms with Crippen molar-refractivity contribution < 1.29 is 9.53 Å². The topological polar surface area (TPSA) is 38.3 Å². The molecule has 0 saturated carbocycles. The number of ether oxygens (including phenoxy) is 1. The first-order valence-electron chi connectivity index (χ1n) is 4.93. The van der Waals surface area contributed by atoms with Gasteiger partial charge in [-0.1, -0.05) is 15.9 Å². The number of benzene rings is 1. The molecule has 0 unspecified atom stereocenters. The number of alkyl halides is 1. The third kappa shape index (κ3) is 4.60. The minimum Gasteiger partial charge on any atom is -0.494 e. The summed E-state index contributed by atoms with van der Waals surface area (Å²) in [6.45, 7) is 0.636. The lowest BCUT2D eigenvalue weighted by Crippen LogP contribution is -2.26. The van der Waals surface area contributed by atoms with E-state index in [2.05, 4.69) is 53.1 Å². The second-order valence-electron chi connectivity index (χ2n) is 3.31. The number of carbonyl (C=O) groups is 1. The monoisotopic (exact) mass is 427 g/mol. The molecule has 0 atom stereocenters. The van der Waals surface area contributed by atoms with E-state index in [1.165, 1.54) is 0 Å². The van der Waals surface area contributed by atoms with Crippen molar-refractivity contribution >= 4 is 53.7 Å². The molecule has 0 saturated heterocycles. The van der Waals surface area contributed by atoms with Crippen LogP contribution in [0.25, 0.3) is 0 Å². The zero-order valence-electron chi connectivity index (χ0n) is 9.23. The Morgan fingerprint density at radius 2 is 1.94 bits per heavy atom. The molecule has 0 aromatic heterocycles. The fourth-order valence-electron chi connectivity index (χ4n) is 1.34. The Bertz CT molecular complexity index is 387. The van der Waals surface area contributed by atoms with Crippen LogP contribution in [0.3, 0.4) is 0 Å². The minimum absolute atomic E-state index is 0.00779. The summed E-state index contributed by atoms with van der Waals surface area (Å²) in [4.78, 5) is 11.6. The zero-order valence-corrected chi connectivity index (χ0v) is 14.0. The highest BCUT2D eigenvalue weighted by molar-refractivity contribution is 9.11. The predicted octanol–water partition coefficient (Wildman–Crippen LogP) is 3.27. The van der Waals surface area contributed by atoms with E-state index >= 15 is 0 Å². The number of carbonyl (C=O) groups excluding carboxylic acids is 1. The number of hydrogen-bond donors (Lipinski definition) is 1. The van der Waals surface area contributed by atoms with Crippen LogP contribution in [-0.2, 0) is 11.2 Å². The number of halogens is 3. The Balaban J connectivity index is 2.76. The summed E-state index contributed by atoms with van der Waals surface area (Å²) >= 11 is 10.1. The maximum Gasteiger partial charge on any atom is 0.224 e. The molecular weight excluding hydrogens is 418 g/mol. The lowest BCUT2D eigenvalue weighted by molar-refractivity contribution is -0.120. The smallest absolute Gasteiger partial charge is 0.224 e. The molecule has 0 spiro atoms. The first-order valence-corrected chi connectivity index (χ1v) is 7.63. The average Bonchev–Trinajstić information content (AvgIpc) is 2.26. The maximum atomic E-state index is 11.6. The molecule has 0 aliphatic carbocycles. The van der Waals surface area contributed by atoms with Crippen molar-refractivity contribution in [2.45, 2.75) is 6.42 Å². The predicted molar refractivity (Wildman–Crippen MR) is 78.9 cm³/mol. The Kier molecular flexibility index (Phi) is 6.51. The fourth-order valence-corrected chi connectivity index (χ4v) is 3.15. The van der Waals surface area contributed by atoms with Crippen molar-refractivity contribution in [1.82, 2.24) is 5.32 Å². The number of methoxy groups -OCH3 is 1. The van der Waals surface area contributed by atoms with Gasteiger partial charge in [0.25, 0.3) is 0 Å². The third-order valence-corrected chi connectivity index (χ3v) is 3.62. The van der Waals surface area contributed by atoms with Crippen LogP contribution >= 0.6 is 47.8 Å². The maximum absolute atomic E-state index is 11.6. The Labute approximate surface area is 126 Å². The molecule has 1 aromatic carbocycles. The molecule has 1 aromatic rings. The number of hydrogen-bond acceptors (Lipinski definition) is 2. The molecule has 1 N–H and O–H groups in total. The van der Waals surface area contributed by atoms with Crippen molar-refractivity contribution in [3.63, 3.8) is 0 Å². The highest BCUT2D eigenvalue weighted by Gasteiger charge is 2.10. The van der Waals surface area contributed by atoms with Crippen LogP contribution < -0.4 is 10.1 Å². The Morgan fingerprint density at radius 3 is 2.41 bits per heavy atom. The van der Waals surface area contributed by atoms with Crippen LogP contribution in [0.5, 0.6) is 5.75 Å². The van der Waals surface area contributed by atoms with Crippen LogP contribution in [0, 0.1) is 0 Å². The van der Waals surface area contributed by atoms with Gasteiger partial charge in [-0.15, -0.1) is 0 Å². The molecule has 1 rings (SSSR count). The first-order chi connectivity index (χ1) is 8.08. The molecule has 1 amide bonds. The van der Waals surface area contributed by atoms with Crippen molar-refractivity contribution in [3.8, 4) is 5.75 Å². The van der Waals surface area contributed by atoms with Crippen LogP contribution in [-0.4, -0.2) is 24.9 Å². The van der Waals surface area contributed by atoms with Gasteiger partial charge >= 0.3 is 0 Å². The van der Waals surface area contributed by atoms with E-state index in [9.17, 15) is 4.79 Å². The molecule has 3 nitrogen and oxygen atoms in total. The summed E-state index contributed by atoms with van der Waals surface area (Å²) < 4.78 is 6.86. The summed E-state index contributed by atoms with van der Waals surface area (Å²) in [6.07, 6.45) is 0.355. The summed E-state index contributed by atoms with van der Waals surface area (Å²) in [6, 6.07) is 3.77. The summed E-state index contributed by atoms with van der Waals surface area (Å²) in [7, 11) is 1.60. The van der Waals surface area contributed by atoms with Crippen molar-refractivity contribution in [2.24, 2.45) is 0 Å². The largest absolute Gasteiger partial charge is 0.494 e. The quantitative estimate of drug-likeness (QED) is 0.729. The summed E-state index contributed by atoms with van der Waals surface area (Å²) in [5, 5.41) is 3.56. The van der Waals surface area contributed by atoms with Crippen LogP contribution in [0.4, 0.5) is 0 Å². The number of rotatable bonds is 5. The van der Waals surface area contributed by atoms with E-state index < -0.39 is 0 Å². The van der Waals surface area contributed by atoms with Gasteiger partial charge in [-0.25, -0.2) is 0 Å². The van der Waals surface area contributed by atoms with E-state index in [1.54, 1.807) is 7.11 Å². The van der Waals surface area contributed by atoms with Gasteiger partial charge in [-0.3, -0.25) is 4.79 Å². The van der Waals surface area contributed by atoms with Gasteiger partial charge < -0.3 is 10.1 Å². The molecule has 0 aliphatic heterocycles. The van der Waals surface area contributed by atoms with E-state index in [4.69, 9.17) is 4.74 Å². The first kappa shape index (κ1) is 15.0. The molecule has 94 valence electrons. The van der Waals surface area contributed by atoms with Gasteiger partial charge in [0.1, 0.15) is 5.75 Å². The van der Waals surface area contributed by atoms with Gasteiger partial charge in [-0.2, -0.15) is 0 Å². The molecule has 0 bridgehead atoms. The van der Waals surface area contributed by atoms with E-state index in [-0.39, 0.29) is 5.91 Å². The lowest BCUT2D eigenvalue weighted by Gasteiger charge is -2.09. The molecule has 0 aliphatic rings. The van der Waals surface area contributed by atoms with Crippen LogP contribution in [0.1, 0.15) is 5.56 Å². The fraction of sp³-hybridized carbons (Fsp3) is 0.364. The average molecular weight is 430 g/mol. The molecule has 0 heterocycles. The van der Waals surface area contributed by atoms with Crippen LogP contribution in [0.15, 0.2) is 21.1 Å². The highest BCUT2D eigenvalue weighted by atomic mass is 79.9. The van der Waals surface area contributed by atoms with Crippen molar-refractivity contribution in [3.05, 3.63) is 26.6 Å². The highest BCUT2D eigenvalue weighted by Crippen LogP contribution is 2.34. The third-order valence-electron chi connectivity index (χ3n) is 2.04. The molecule has 17 heavy (non-hydrogen) atoms. The SMILES string of the molecule is COc1c(Br)cc(CC(=O)NCCBr)cc1Br. The minimum atomic E-state index is 0.00779. The lowest BCUT2D eigenvalue weighted by atomic mass is 10.1. The number of nitrogens with one attached hydrogen (secondary N) is 1. The van der Waals surface area contributed by atoms with E-state index in [1.807, 2.05) is 12.1 Å². The second-order valence-corrected chi connectivity index (χ2v) is 5.81. The number of amides is 1. The van der Waals surface area contributed by atoms with Gasteiger partial charge in [-0.05, 0) is 49.6 Å². The summed E-state index contributed by atoms with van der Waals surface area (Å²) in [5.74, 6) is 0.739. The van der Waals surface area contributed by atoms with Crippen molar-refractivity contribution in [2.75, 3.05) is 19.0 Å². The molecule has 6 heteroatoms. The Morgan fingerprint density at radius 1 is 1.35 bits per heavy atom. The summed E-state index contributed by atoms with van der Waals surface area (Å²) in [5.41, 5.74) is 0.927. The van der Waals surface area contributed by atoms with E-state index in [0.29, 0.717) is 13.0 Å². The standard InChI is InChI=1S/C11H12Br3NO2/c1-17-11-8(13)4-7(5-9(11)14)6-10(16)15-3-2-12/h4-5H,2-3,6H2,1H3,(H,15,16). The molecule has 0 radical (unpaired) electrons. The normalized spacial score (nSPS) is 10.1. The Hall–Kier alpha value is -0.0700. The van der Waals surface area contributed by atoms with Crippen LogP contribution in [0.2, 0.25) is 0 Å². The molecule has 0 fully saturated rings. The van der Waals surface area contributed by atoms with Crippen molar-refractivity contribution in [1.29, 1.82) is 0 Å². The van der Waals surface area contributed by atoms with E-state index in [0.717, 1.165) is 25.6 Å². The van der Waals surface area contributed by atoms with Gasteiger partial charge in [0.2, 0.25) is 5.91 Å². The van der Waals surface area contributed by atoms with Gasteiger partial charge in [0, 0.05) is 11.9 Å². The van der Waals surface area contributed by atoms with Gasteiger partial charge in [0.15, 0.2) is 0 Å². The second kappa shape index (κ2) is 7.38. The zero-order chi connectivity index (χ0) is 12.8. The molecular formula is C11H12Br3NO2. The van der Waals surface area contributed by atoms with Gasteiger partial charge in [0.05, 0.1) is 22.5 Å².